The number of benzene rings is 4. The van der Waals surface area contributed by atoms with Crippen LogP contribution in [0.2, 0.25) is 0 Å². The number of hydrogen-bond donors (Lipinski definition) is 3. The molecule has 0 aromatic heterocycles. The highest BCUT2D eigenvalue weighted by molar-refractivity contribution is 6.04. The van der Waals surface area contributed by atoms with Crippen LogP contribution in [0.3, 0.4) is 0 Å². The first kappa shape index (κ1) is 22.3. The number of ether oxygens (including phenoxy) is 2. The molecule has 34 heavy (non-hydrogen) atoms. The maximum absolute atomic E-state index is 12.7. The van der Waals surface area contributed by atoms with E-state index in [1.165, 1.54) is 25.5 Å². The standard InChI is InChI=1S/C26H20N2O6/c1-33-19-10-6-17(7-11-19)26(32)34-24-13-8-16-4-2-3-5-20(16)22(24)15-27-28-25(31)21-12-9-18(29)14-23(21)30/h2-15,29-30H,1H3,(H,28,31)/b27-15-. The van der Waals surface area contributed by atoms with Gasteiger partial charge in [0.05, 0.1) is 24.5 Å². The largest absolute Gasteiger partial charge is 0.508 e. The van der Waals surface area contributed by atoms with Crippen LogP contribution in [-0.4, -0.2) is 35.4 Å². The molecule has 0 radical (unpaired) electrons. The van der Waals surface area contributed by atoms with Crippen molar-refractivity contribution in [2.45, 2.75) is 0 Å². The van der Waals surface area contributed by atoms with E-state index in [-0.39, 0.29) is 22.8 Å². The number of phenolic OH excluding ortho intramolecular Hbond substituents is 2. The Morgan fingerprint density at radius 3 is 2.44 bits per heavy atom. The van der Waals surface area contributed by atoms with E-state index in [2.05, 4.69) is 10.5 Å². The Hall–Kier alpha value is -4.85. The van der Waals surface area contributed by atoms with Crippen molar-refractivity contribution < 1.29 is 29.3 Å². The lowest BCUT2D eigenvalue weighted by Gasteiger charge is -2.11. The summed E-state index contributed by atoms with van der Waals surface area (Å²) in [5, 5.41) is 24.9. The van der Waals surface area contributed by atoms with E-state index in [1.807, 2.05) is 30.3 Å². The third-order valence-corrected chi connectivity index (χ3v) is 5.04. The number of fused-ring (bicyclic) bond motifs is 1. The van der Waals surface area contributed by atoms with Gasteiger partial charge in [0.15, 0.2) is 0 Å². The quantitative estimate of drug-likeness (QED) is 0.173. The summed E-state index contributed by atoms with van der Waals surface area (Å²) in [5.74, 6) is -0.921. The van der Waals surface area contributed by atoms with Crippen molar-refractivity contribution in [1.29, 1.82) is 0 Å². The number of carbonyl (C=O) groups excluding carboxylic acids is 2. The maximum Gasteiger partial charge on any atom is 0.343 e. The zero-order chi connectivity index (χ0) is 24.1. The van der Waals surface area contributed by atoms with E-state index in [4.69, 9.17) is 9.47 Å². The van der Waals surface area contributed by atoms with Gasteiger partial charge in [-0.15, -0.1) is 0 Å². The fraction of sp³-hybridized carbons (Fsp3) is 0.0385. The number of aromatic hydroxyl groups is 2. The highest BCUT2D eigenvalue weighted by Gasteiger charge is 2.15. The summed E-state index contributed by atoms with van der Waals surface area (Å²) < 4.78 is 10.7. The number of hydrogen-bond acceptors (Lipinski definition) is 7. The molecule has 0 saturated heterocycles. The molecule has 0 fully saturated rings. The van der Waals surface area contributed by atoms with Gasteiger partial charge in [0.1, 0.15) is 23.0 Å². The molecule has 8 nitrogen and oxygen atoms in total. The van der Waals surface area contributed by atoms with Crippen LogP contribution in [0, 0.1) is 0 Å². The summed E-state index contributed by atoms with van der Waals surface area (Å²) in [5.41, 5.74) is 3.10. The maximum atomic E-state index is 12.7. The predicted octanol–water partition coefficient (Wildman–Crippen LogP) is 4.24. The van der Waals surface area contributed by atoms with Gasteiger partial charge in [-0.3, -0.25) is 4.79 Å². The van der Waals surface area contributed by atoms with Crippen molar-refractivity contribution in [2.75, 3.05) is 7.11 Å². The summed E-state index contributed by atoms with van der Waals surface area (Å²) in [6.07, 6.45) is 1.37. The van der Waals surface area contributed by atoms with Crippen molar-refractivity contribution in [3.05, 3.63) is 95.6 Å². The third-order valence-electron chi connectivity index (χ3n) is 5.04. The number of esters is 1. The summed E-state index contributed by atoms with van der Waals surface area (Å²) >= 11 is 0. The smallest absolute Gasteiger partial charge is 0.343 e. The number of nitrogens with zero attached hydrogens (tertiary/aromatic N) is 1. The van der Waals surface area contributed by atoms with Gasteiger partial charge in [-0.2, -0.15) is 5.10 Å². The van der Waals surface area contributed by atoms with Gasteiger partial charge in [0.2, 0.25) is 0 Å². The lowest BCUT2D eigenvalue weighted by molar-refractivity contribution is 0.0734. The Kier molecular flexibility index (Phi) is 6.40. The Morgan fingerprint density at radius 2 is 1.71 bits per heavy atom. The minimum absolute atomic E-state index is 0.0565. The fourth-order valence-electron chi connectivity index (χ4n) is 3.31. The second kappa shape index (κ2) is 9.74. The monoisotopic (exact) mass is 456 g/mol. The van der Waals surface area contributed by atoms with Crippen LogP contribution in [0.25, 0.3) is 10.8 Å². The molecule has 0 heterocycles. The van der Waals surface area contributed by atoms with Gasteiger partial charge in [-0.25, -0.2) is 10.2 Å². The topological polar surface area (TPSA) is 117 Å². The number of methoxy groups -OCH3 is 1. The van der Waals surface area contributed by atoms with E-state index in [9.17, 15) is 19.8 Å². The predicted molar refractivity (Wildman–Crippen MR) is 127 cm³/mol. The number of phenols is 2. The Labute approximate surface area is 194 Å². The number of rotatable bonds is 6. The molecule has 170 valence electrons. The number of carbonyl (C=O) groups is 2. The second-order valence-corrected chi connectivity index (χ2v) is 7.22. The molecule has 0 spiro atoms. The van der Waals surface area contributed by atoms with E-state index in [0.717, 1.165) is 16.8 Å². The number of hydrazone groups is 1. The van der Waals surface area contributed by atoms with Crippen molar-refractivity contribution in [3.8, 4) is 23.0 Å². The van der Waals surface area contributed by atoms with Crippen LogP contribution in [-0.2, 0) is 0 Å². The van der Waals surface area contributed by atoms with Crippen molar-refractivity contribution >= 4 is 28.9 Å². The molecule has 4 rings (SSSR count). The molecule has 0 saturated carbocycles. The molecule has 0 unspecified atom stereocenters. The summed E-state index contributed by atoms with van der Waals surface area (Å²) in [7, 11) is 1.54. The molecule has 0 aliphatic rings. The zero-order valence-corrected chi connectivity index (χ0v) is 18.1. The first-order chi connectivity index (χ1) is 16.5. The van der Waals surface area contributed by atoms with Crippen molar-refractivity contribution in [2.24, 2.45) is 5.10 Å². The molecular weight excluding hydrogens is 436 g/mol. The van der Waals surface area contributed by atoms with Gasteiger partial charge in [-0.1, -0.05) is 30.3 Å². The lowest BCUT2D eigenvalue weighted by atomic mass is 10.0. The summed E-state index contributed by atoms with van der Waals surface area (Å²) in [4.78, 5) is 25.1. The van der Waals surface area contributed by atoms with Crippen LogP contribution in [0.5, 0.6) is 23.0 Å². The van der Waals surface area contributed by atoms with Crippen LogP contribution in [0.15, 0.2) is 84.0 Å². The Morgan fingerprint density at radius 1 is 0.941 bits per heavy atom. The van der Waals surface area contributed by atoms with E-state index < -0.39 is 11.9 Å². The fourth-order valence-corrected chi connectivity index (χ4v) is 3.31. The average molecular weight is 456 g/mol. The van der Waals surface area contributed by atoms with E-state index in [1.54, 1.807) is 30.3 Å². The first-order valence-corrected chi connectivity index (χ1v) is 10.2. The van der Waals surface area contributed by atoms with Crippen LogP contribution in [0.4, 0.5) is 0 Å². The molecule has 1 amide bonds. The average Bonchev–Trinajstić information content (AvgIpc) is 2.85. The Balaban J connectivity index is 1.61. The highest BCUT2D eigenvalue weighted by atomic mass is 16.5. The SMILES string of the molecule is COc1ccc(C(=O)Oc2ccc3ccccc3c2/C=N\NC(=O)c2ccc(O)cc2O)cc1. The van der Waals surface area contributed by atoms with Gasteiger partial charge in [0, 0.05) is 11.6 Å². The molecule has 4 aromatic carbocycles. The summed E-state index contributed by atoms with van der Waals surface area (Å²) in [6.45, 7) is 0. The Bertz CT molecular complexity index is 1400. The van der Waals surface area contributed by atoms with Crippen LogP contribution in [0.1, 0.15) is 26.3 Å². The third kappa shape index (κ3) is 4.81. The van der Waals surface area contributed by atoms with Gasteiger partial charge >= 0.3 is 5.97 Å². The van der Waals surface area contributed by atoms with Gasteiger partial charge < -0.3 is 19.7 Å². The highest BCUT2D eigenvalue weighted by Crippen LogP contribution is 2.28. The van der Waals surface area contributed by atoms with E-state index in [0.29, 0.717) is 16.9 Å². The van der Waals surface area contributed by atoms with Crippen LogP contribution < -0.4 is 14.9 Å². The van der Waals surface area contributed by atoms with E-state index >= 15 is 0 Å². The molecular formula is C26H20N2O6. The molecule has 0 aliphatic heterocycles. The number of amides is 1. The molecule has 3 N–H and O–H groups in total. The van der Waals surface area contributed by atoms with Crippen molar-refractivity contribution in [1.82, 2.24) is 5.43 Å². The zero-order valence-electron chi connectivity index (χ0n) is 18.1. The molecule has 4 aromatic rings. The minimum Gasteiger partial charge on any atom is -0.508 e. The van der Waals surface area contributed by atoms with Crippen LogP contribution >= 0.6 is 0 Å². The molecule has 0 bridgehead atoms. The minimum atomic E-state index is -0.675. The molecule has 8 heteroatoms. The lowest BCUT2D eigenvalue weighted by Crippen LogP contribution is -2.18. The van der Waals surface area contributed by atoms with Gasteiger partial charge in [-0.05, 0) is 53.2 Å². The summed E-state index contributed by atoms with van der Waals surface area (Å²) in [6, 6.07) is 21.0. The van der Waals surface area contributed by atoms with Crippen molar-refractivity contribution in [3.63, 3.8) is 0 Å². The van der Waals surface area contributed by atoms with Gasteiger partial charge in [0.25, 0.3) is 5.91 Å². The second-order valence-electron chi connectivity index (χ2n) is 7.22. The molecule has 0 aliphatic carbocycles. The normalized spacial score (nSPS) is 10.9. The first-order valence-electron chi connectivity index (χ1n) is 10.2. The molecule has 0 atom stereocenters. The number of nitrogens with one attached hydrogen (secondary N) is 1.